The normalized spacial score (nSPS) is 11.4. The molecule has 0 bridgehead atoms. The Hall–Kier alpha value is -0.860. The van der Waals surface area contributed by atoms with E-state index < -0.39 is 15.8 Å². The first-order valence-corrected chi connectivity index (χ1v) is 8.47. The first-order valence-electron chi connectivity index (χ1n) is 5.53. The fourth-order valence-corrected chi connectivity index (χ4v) is 3.24. The molecule has 0 fully saturated rings. The summed E-state index contributed by atoms with van der Waals surface area (Å²) in [5.41, 5.74) is 0.471. The molecule has 0 saturated heterocycles. The third-order valence-electron chi connectivity index (χ3n) is 2.62. The minimum atomic E-state index is -3.74. The van der Waals surface area contributed by atoms with Gasteiger partial charge in [0, 0.05) is 3.57 Å². The molecule has 0 aromatic heterocycles. The van der Waals surface area contributed by atoms with Crippen molar-refractivity contribution in [3.63, 3.8) is 0 Å². The van der Waals surface area contributed by atoms with Crippen molar-refractivity contribution in [3.05, 3.63) is 56.4 Å². The number of nitrogens with one attached hydrogen (secondary N) is 1. The van der Waals surface area contributed by atoms with E-state index in [1.807, 2.05) is 0 Å². The van der Waals surface area contributed by atoms with Gasteiger partial charge < -0.3 is 0 Å². The Kier molecular flexibility index (Phi) is 4.55. The average molecular weight is 426 g/mol. The van der Waals surface area contributed by atoms with Gasteiger partial charge in [-0.05, 0) is 71.5 Å². The standard InChI is InChI=1S/C13H10ClFINO2S/c1-8-6-13(11(14)7-12(8)15)17-20(18,19)10-4-2-9(16)3-5-10/h2-7,17H,1H3. The number of benzene rings is 2. The van der Waals surface area contributed by atoms with Crippen molar-refractivity contribution in [1.82, 2.24) is 0 Å². The molecule has 0 aliphatic carbocycles. The van der Waals surface area contributed by atoms with Crippen LogP contribution in [0.1, 0.15) is 5.56 Å². The lowest BCUT2D eigenvalue weighted by atomic mass is 10.2. The highest BCUT2D eigenvalue weighted by Gasteiger charge is 2.16. The number of anilines is 1. The van der Waals surface area contributed by atoms with Gasteiger partial charge in [0.1, 0.15) is 5.82 Å². The first-order chi connectivity index (χ1) is 9.29. The number of hydrogen-bond acceptors (Lipinski definition) is 2. The van der Waals surface area contributed by atoms with Crippen LogP contribution < -0.4 is 4.72 Å². The minimum Gasteiger partial charge on any atom is -0.278 e. The van der Waals surface area contributed by atoms with Gasteiger partial charge in [0.15, 0.2) is 0 Å². The van der Waals surface area contributed by atoms with Crippen molar-refractivity contribution < 1.29 is 12.8 Å². The van der Waals surface area contributed by atoms with E-state index in [1.165, 1.54) is 25.1 Å². The molecule has 2 aromatic rings. The molecule has 0 unspecified atom stereocenters. The summed E-state index contributed by atoms with van der Waals surface area (Å²) in [6.07, 6.45) is 0. The Balaban J connectivity index is 2.38. The maximum atomic E-state index is 13.3. The van der Waals surface area contributed by atoms with E-state index in [1.54, 1.807) is 12.1 Å². The molecule has 2 aromatic carbocycles. The van der Waals surface area contributed by atoms with Crippen LogP contribution in [-0.4, -0.2) is 8.42 Å². The largest absolute Gasteiger partial charge is 0.278 e. The number of halogens is 3. The zero-order valence-electron chi connectivity index (χ0n) is 10.3. The SMILES string of the molecule is Cc1cc(NS(=O)(=O)c2ccc(I)cc2)c(Cl)cc1F. The summed E-state index contributed by atoms with van der Waals surface area (Å²) >= 11 is 7.94. The summed E-state index contributed by atoms with van der Waals surface area (Å²) in [6.45, 7) is 1.54. The van der Waals surface area contributed by atoms with Crippen molar-refractivity contribution >= 4 is 49.9 Å². The fraction of sp³-hybridized carbons (Fsp3) is 0.0769. The molecule has 20 heavy (non-hydrogen) atoms. The molecular weight excluding hydrogens is 416 g/mol. The predicted octanol–water partition coefficient (Wildman–Crippen LogP) is 4.19. The van der Waals surface area contributed by atoms with Crippen molar-refractivity contribution in [1.29, 1.82) is 0 Å². The summed E-state index contributed by atoms with van der Waals surface area (Å²) in [5, 5.41) is 0.0159. The number of aryl methyl sites for hydroxylation is 1. The Bertz CT molecular complexity index is 748. The molecule has 0 saturated carbocycles. The van der Waals surface area contributed by atoms with Gasteiger partial charge in [0.2, 0.25) is 0 Å². The second-order valence-electron chi connectivity index (χ2n) is 4.14. The molecule has 0 atom stereocenters. The average Bonchev–Trinajstić information content (AvgIpc) is 2.36. The van der Waals surface area contributed by atoms with Crippen LogP contribution >= 0.6 is 34.2 Å². The van der Waals surface area contributed by atoms with Crippen LogP contribution in [0.3, 0.4) is 0 Å². The molecule has 0 radical (unpaired) electrons. The molecule has 0 amide bonds. The lowest BCUT2D eigenvalue weighted by Crippen LogP contribution is -2.13. The highest BCUT2D eigenvalue weighted by molar-refractivity contribution is 14.1. The molecule has 0 aliphatic heterocycles. The van der Waals surface area contributed by atoms with Crippen LogP contribution in [0, 0.1) is 16.3 Å². The molecule has 7 heteroatoms. The molecule has 106 valence electrons. The van der Waals surface area contributed by atoms with E-state index in [2.05, 4.69) is 27.3 Å². The summed E-state index contributed by atoms with van der Waals surface area (Å²) in [4.78, 5) is 0.121. The quantitative estimate of drug-likeness (QED) is 0.750. The maximum Gasteiger partial charge on any atom is 0.261 e. The van der Waals surface area contributed by atoms with Crippen molar-refractivity contribution in [2.45, 2.75) is 11.8 Å². The molecule has 3 nitrogen and oxygen atoms in total. The molecule has 0 spiro atoms. The van der Waals surface area contributed by atoms with E-state index in [0.717, 1.165) is 9.64 Å². The highest BCUT2D eigenvalue weighted by Crippen LogP contribution is 2.27. The lowest BCUT2D eigenvalue weighted by molar-refractivity contribution is 0.601. The van der Waals surface area contributed by atoms with Gasteiger partial charge in [-0.15, -0.1) is 0 Å². The van der Waals surface area contributed by atoms with E-state index in [-0.39, 0.29) is 15.6 Å². The van der Waals surface area contributed by atoms with Crippen LogP contribution in [0.2, 0.25) is 5.02 Å². The smallest absolute Gasteiger partial charge is 0.261 e. The fourth-order valence-electron chi connectivity index (χ4n) is 1.55. The van der Waals surface area contributed by atoms with Crippen LogP contribution in [0.25, 0.3) is 0 Å². The summed E-state index contributed by atoms with van der Waals surface area (Å²) in [7, 11) is -3.74. The Morgan fingerprint density at radius 1 is 1.20 bits per heavy atom. The summed E-state index contributed by atoms with van der Waals surface area (Å²) in [5.74, 6) is -0.479. The molecule has 0 heterocycles. The molecule has 1 N–H and O–H groups in total. The van der Waals surface area contributed by atoms with Crippen LogP contribution in [0.4, 0.5) is 10.1 Å². The predicted molar refractivity (Wildman–Crippen MR) is 86.1 cm³/mol. The summed E-state index contributed by atoms with van der Waals surface area (Å²) in [6, 6.07) is 8.81. The second-order valence-corrected chi connectivity index (χ2v) is 7.48. The van der Waals surface area contributed by atoms with Gasteiger partial charge in [-0.25, -0.2) is 12.8 Å². The van der Waals surface area contributed by atoms with E-state index in [0.29, 0.717) is 5.56 Å². The van der Waals surface area contributed by atoms with Gasteiger partial charge >= 0.3 is 0 Å². The first kappa shape index (κ1) is 15.5. The van der Waals surface area contributed by atoms with E-state index in [9.17, 15) is 12.8 Å². The number of rotatable bonds is 3. The van der Waals surface area contributed by atoms with Gasteiger partial charge in [-0.1, -0.05) is 11.6 Å². The highest BCUT2D eigenvalue weighted by atomic mass is 127. The maximum absolute atomic E-state index is 13.3. The molecule has 2 rings (SSSR count). The van der Waals surface area contributed by atoms with E-state index in [4.69, 9.17) is 11.6 Å². The molecular formula is C13H10ClFINO2S. The van der Waals surface area contributed by atoms with Gasteiger partial charge in [-0.3, -0.25) is 4.72 Å². The van der Waals surface area contributed by atoms with Crippen molar-refractivity contribution in [3.8, 4) is 0 Å². The van der Waals surface area contributed by atoms with Crippen LogP contribution in [0.15, 0.2) is 41.3 Å². The number of sulfonamides is 1. The van der Waals surface area contributed by atoms with Crippen LogP contribution in [-0.2, 0) is 10.0 Å². The van der Waals surface area contributed by atoms with Crippen LogP contribution in [0.5, 0.6) is 0 Å². The van der Waals surface area contributed by atoms with Crippen molar-refractivity contribution in [2.24, 2.45) is 0 Å². The van der Waals surface area contributed by atoms with E-state index >= 15 is 0 Å². The minimum absolute atomic E-state index is 0.0159. The summed E-state index contributed by atoms with van der Waals surface area (Å²) < 4.78 is 41.0. The second kappa shape index (κ2) is 5.87. The Labute approximate surface area is 135 Å². The topological polar surface area (TPSA) is 46.2 Å². The third-order valence-corrected chi connectivity index (χ3v) is 5.03. The zero-order chi connectivity index (χ0) is 14.9. The van der Waals surface area contributed by atoms with Gasteiger partial charge in [0.05, 0.1) is 15.6 Å². The monoisotopic (exact) mass is 425 g/mol. The van der Waals surface area contributed by atoms with Crippen molar-refractivity contribution in [2.75, 3.05) is 4.72 Å². The Morgan fingerprint density at radius 2 is 1.80 bits per heavy atom. The van der Waals surface area contributed by atoms with Gasteiger partial charge in [0.25, 0.3) is 10.0 Å². The molecule has 0 aliphatic rings. The third kappa shape index (κ3) is 3.42. The zero-order valence-corrected chi connectivity index (χ0v) is 14.1. The Morgan fingerprint density at radius 3 is 2.40 bits per heavy atom. The lowest BCUT2D eigenvalue weighted by Gasteiger charge is -2.11. The number of hydrogen-bond donors (Lipinski definition) is 1. The van der Waals surface area contributed by atoms with Gasteiger partial charge in [-0.2, -0.15) is 0 Å².